The molecule has 1 aliphatic heterocycles. The topological polar surface area (TPSA) is 104 Å². The highest BCUT2D eigenvalue weighted by atomic mass is 32.2. The fraction of sp³-hybridized carbons (Fsp3) is 0.333. The number of amides is 1. The zero-order chi connectivity index (χ0) is 24.3. The third-order valence-corrected chi connectivity index (χ3v) is 7.42. The van der Waals surface area contributed by atoms with Crippen molar-refractivity contribution < 1.29 is 27.9 Å². The highest BCUT2D eigenvalue weighted by Gasteiger charge is 2.45. The first-order valence-electron chi connectivity index (χ1n) is 10.5. The Morgan fingerprint density at radius 3 is 2.21 bits per heavy atom. The molecule has 1 amide bonds. The van der Waals surface area contributed by atoms with E-state index >= 15 is 0 Å². The number of methoxy groups -OCH3 is 1. The summed E-state index contributed by atoms with van der Waals surface area (Å²) >= 11 is 0. The first kappa shape index (κ1) is 24.6. The normalized spacial score (nSPS) is 18.3. The maximum absolute atomic E-state index is 13.0. The second-order valence-electron chi connectivity index (χ2n) is 8.06. The van der Waals surface area contributed by atoms with Gasteiger partial charge in [0.15, 0.2) is 0 Å². The first-order valence-corrected chi connectivity index (χ1v) is 11.9. The molecule has 0 spiro atoms. The van der Waals surface area contributed by atoms with Crippen LogP contribution in [0.25, 0.3) is 5.76 Å². The summed E-state index contributed by atoms with van der Waals surface area (Å²) in [5.41, 5.74) is 1.95. The lowest BCUT2D eigenvalue weighted by Crippen LogP contribution is -2.31. The molecule has 1 aliphatic rings. The number of ketones is 1. The van der Waals surface area contributed by atoms with E-state index in [0.717, 1.165) is 9.87 Å². The van der Waals surface area contributed by atoms with Gasteiger partial charge < -0.3 is 14.7 Å². The lowest BCUT2D eigenvalue weighted by Gasteiger charge is -2.25. The van der Waals surface area contributed by atoms with Crippen molar-refractivity contribution in [2.24, 2.45) is 0 Å². The van der Waals surface area contributed by atoms with E-state index in [4.69, 9.17) is 4.74 Å². The van der Waals surface area contributed by atoms with Crippen molar-refractivity contribution >= 4 is 27.5 Å². The zero-order valence-corrected chi connectivity index (χ0v) is 19.9. The van der Waals surface area contributed by atoms with E-state index < -0.39 is 27.8 Å². The highest BCUT2D eigenvalue weighted by molar-refractivity contribution is 7.89. The Kier molecular flexibility index (Phi) is 7.36. The fourth-order valence-electron chi connectivity index (χ4n) is 3.74. The van der Waals surface area contributed by atoms with Crippen molar-refractivity contribution in [2.45, 2.75) is 24.3 Å². The van der Waals surface area contributed by atoms with E-state index in [1.165, 1.54) is 43.3 Å². The Balaban J connectivity index is 2.09. The third-order valence-electron chi connectivity index (χ3n) is 5.59. The number of rotatable bonds is 8. The summed E-state index contributed by atoms with van der Waals surface area (Å²) in [6.07, 6.45) is 0.531. The quantitative estimate of drug-likeness (QED) is 0.274. The van der Waals surface area contributed by atoms with E-state index in [1.54, 1.807) is 7.11 Å². The molecule has 2 aromatic rings. The second kappa shape index (κ2) is 9.86. The molecule has 1 atom stereocenters. The molecule has 8 nitrogen and oxygen atoms in total. The molecule has 0 saturated carbocycles. The number of sulfonamides is 1. The Bertz CT molecular complexity index is 1170. The van der Waals surface area contributed by atoms with Gasteiger partial charge in [-0.15, -0.1) is 0 Å². The molecule has 9 heteroatoms. The fourth-order valence-corrected chi connectivity index (χ4v) is 4.64. The molecule has 1 fully saturated rings. The lowest BCUT2D eigenvalue weighted by atomic mass is 9.94. The monoisotopic (exact) mass is 472 g/mol. The summed E-state index contributed by atoms with van der Waals surface area (Å²) < 4.78 is 30.8. The predicted molar refractivity (Wildman–Crippen MR) is 124 cm³/mol. The number of benzene rings is 2. The number of aryl methyl sites for hydroxylation is 1. The van der Waals surface area contributed by atoms with Crippen LogP contribution in [0, 0.1) is 6.92 Å². The van der Waals surface area contributed by atoms with E-state index in [2.05, 4.69) is 0 Å². The maximum Gasteiger partial charge on any atom is 0.295 e. The Labute approximate surface area is 194 Å². The van der Waals surface area contributed by atoms with Gasteiger partial charge in [0.1, 0.15) is 5.76 Å². The van der Waals surface area contributed by atoms with Crippen LogP contribution in [0.2, 0.25) is 0 Å². The summed E-state index contributed by atoms with van der Waals surface area (Å²) in [5, 5.41) is 11.1. The molecule has 1 heterocycles. The number of hydrogen-bond donors (Lipinski definition) is 1. The number of aliphatic hydroxyl groups is 1. The van der Waals surface area contributed by atoms with E-state index in [-0.39, 0.29) is 28.3 Å². The van der Waals surface area contributed by atoms with Gasteiger partial charge in [-0.3, -0.25) is 9.59 Å². The van der Waals surface area contributed by atoms with Crippen LogP contribution in [0.1, 0.15) is 29.2 Å². The van der Waals surface area contributed by atoms with Crippen LogP contribution in [-0.4, -0.2) is 68.8 Å². The number of ether oxygens (including phenoxy) is 1. The average Bonchev–Trinajstić information content (AvgIpc) is 3.04. The minimum Gasteiger partial charge on any atom is -0.507 e. The number of carbonyl (C=O) groups excluding carboxylic acids is 2. The van der Waals surface area contributed by atoms with Crippen molar-refractivity contribution in [2.75, 3.05) is 34.4 Å². The minimum absolute atomic E-state index is 0.0236. The average molecular weight is 473 g/mol. The van der Waals surface area contributed by atoms with Crippen molar-refractivity contribution in [3.63, 3.8) is 0 Å². The standard InChI is InChI=1S/C24H28N2O6S/c1-16-6-8-17(9-7-16)21-20(23(28)24(29)26(21)14-5-15-32-4)22(27)18-10-12-19(13-11-18)33(30,31)25(2)3/h6-13,21,27H,5,14-15H2,1-4H3/b22-20+/t21-/m1/s1. The van der Waals surface area contributed by atoms with Crippen molar-refractivity contribution in [3.05, 3.63) is 70.8 Å². The van der Waals surface area contributed by atoms with Gasteiger partial charge in [0.05, 0.1) is 16.5 Å². The maximum atomic E-state index is 13.0. The molecular formula is C24H28N2O6S. The van der Waals surface area contributed by atoms with Crippen LogP contribution in [0.3, 0.4) is 0 Å². The molecule has 0 unspecified atom stereocenters. The van der Waals surface area contributed by atoms with Gasteiger partial charge in [-0.1, -0.05) is 29.8 Å². The van der Waals surface area contributed by atoms with Gasteiger partial charge >= 0.3 is 0 Å². The van der Waals surface area contributed by atoms with Crippen molar-refractivity contribution in [3.8, 4) is 0 Å². The lowest BCUT2D eigenvalue weighted by molar-refractivity contribution is -0.140. The van der Waals surface area contributed by atoms with Crippen LogP contribution in [0.15, 0.2) is 59.0 Å². The number of hydrogen-bond acceptors (Lipinski definition) is 6. The number of aliphatic hydroxyl groups excluding tert-OH is 1. The highest BCUT2D eigenvalue weighted by Crippen LogP contribution is 2.39. The predicted octanol–water partition coefficient (Wildman–Crippen LogP) is 2.70. The van der Waals surface area contributed by atoms with Gasteiger partial charge in [-0.25, -0.2) is 12.7 Å². The number of Topliss-reactive ketones (excluding diaryl/α,β-unsaturated/α-hetero) is 1. The molecule has 0 aromatic heterocycles. The Morgan fingerprint density at radius 1 is 1.06 bits per heavy atom. The van der Waals surface area contributed by atoms with Gasteiger partial charge in [0.25, 0.3) is 11.7 Å². The summed E-state index contributed by atoms with van der Waals surface area (Å²) in [5.74, 6) is -1.81. The largest absolute Gasteiger partial charge is 0.507 e. The van der Waals surface area contributed by atoms with E-state index in [1.807, 2.05) is 31.2 Å². The SMILES string of the molecule is COCCCN1C(=O)C(=O)/C(=C(/O)c2ccc(S(=O)(=O)N(C)C)cc2)[C@H]1c1ccc(C)cc1. The molecular weight excluding hydrogens is 444 g/mol. The molecule has 0 radical (unpaired) electrons. The first-order chi connectivity index (χ1) is 15.6. The zero-order valence-electron chi connectivity index (χ0n) is 19.1. The molecule has 1 N–H and O–H groups in total. The Hall–Kier alpha value is -3.01. The molecule has 2 aromatic carbocycles. The molecule has 176 valence electrons. The number of nitrogens with zero attached hydrogens (tertiary/aromatic N) is 2. The third kappa shape index (κ3) is 4.85. The van der Waals surface area contributed by atoms with Crippen LogP contribution < -0.4 is 0 Å². The summed E-state index contributed by atoms with van der Waals surface area (Å²) in [6.45, 7) is 2.64. The Morgan fingerprint density at radius 2 is 1.67 bits per heavy atom. The van der Waals surface area contributed by atoms with Crippen LogP contribution in [-0.2, 0) is 24.3 Å². The smallest absolute Gasteiger partial charge is 0.295 e. The van der Waals surface area contributed by atoms with Gasteiger partial charge in [0, 0.05) is 39.9 Å². The van der Waals surface area contributed by atoms with Crippen molar-refractivity contribution in [1.29, 1.82) is 0 Å². The molecule has 0 aliphatic carbocycles. The number of carbonyl (C=O) groups is 2. The molecule has 33 heavy (non-hydrogen) atoms. The second-order valence-corrected chi connectivity index (χ2v) is 10.2. The molecule has 1 saturated heterocycles. The number of likely N-dealkylation sites (tertiary alicyclic amines) is 1. The van der Waals surface area contributed by atoms with Crippen LogP contribution in [0.4, 0.5) is 0 Å². The summed E-state index contributed by atoms with van der Waals surface area (Å²) in [7, 11) is 0.771. The van der Waals surface area contributed by atoms with Gasteiger partial charge in [0.2, 0.25) is 10.0 Å². The van der Waals surface area contributed by atoms with E-state index in [0.29, 0.717) is 18.6 Å². The van der Waals surface area contributed by atoms with Gasteiger partial charge in [-0.2, -0.15) is 0 Å². The summed E-state index contributed by atoms with van der Waals surface area (Å²) in [6, 6.07) is 12.2. The van der Waals surface area contributed by atoms with E-state index in [9.17, 15) is 23.1 Å². The van der Waals surface area contributed by atoms with Crippen LogP contribution in [0.5, 0.6) is 0 Å². The summed E-state index contributed by atoms with van der Waals surface area (Å²) in [4.78, 5) is 27.4. The van der Waals surface area contributed by atoms with Gasteiger partial charge in [-0.05, 0) is 43.2 Å². The molecule has 3 rings (SSSR count). The van der Waals surface area contributed by atoms with Crippen molar-refractivity contribution in [1.82, 2.24) is 9.21 Å². The van der Waals surface area contributed by atoms with Crippen LogP contribution >= 0.6 is 0 Å². The molecule has 0 bridgehead atoms. The minimum atomic E-state index is -3.64.